The highest BCUT2D eigenvalue weighted by molar-refractivity contribution is 14.0. The van der Waals surface area contributed by atoms with Crippen molar-refractivity contribution < 1.29 is 4.79 Å². The molecule has 0 atom stereocenters. The number of guanidine groups is 1. The molecular formula is C17H26IN5O. The summed E-state index contributed by atoms with van der Waals surface area (Å²) in [6.07, 6.45) is 6.70. The lowest BCUT2D eigenvalue weighted by atomic mass is 10.2. The smallest absolute Gasteiger partial charge is 0.227 e. The van der Waals surface area contributed by atoms with Gasteiger partial charge in [0, 0.05) is 24.7 Å². The maximum atomic E-state index is 11.9. The summed E-state index contributed by atoms with van der Waals surface area (Å²) in [5.41, 5.74) is 0.879. The molecule has 2 rings (SSSR count). The van der Waals surface area contributed by atoms with E-state index in [1.807, 2.05) is 26.0 Å². The van der Waals surface area contributed by atoms with Crippen LogP contribution in [0.3, 0.4) is 0 Å². The number of nitrogens with one attached hydrogen (secondary N) is 3. The maximum absolute atomic E-state index is 11.9. The summed E-state index contributed by atoms with van der Waals surface area (Å²) in [6.45, 7) is 5.16. The summed E-state index contributed by atoms with van der Waals surface area (Å²) in [5, 5.41) is 9.38. The number of anilines is 1. The lowest BCUT2D eigenvalue weighted by Crippen LogP contribution is -2.42. The van der Waals surface area contributed by atoms with Crippen LogP contribution in [0.25, 0.3) is 0 Å². The van der Waals surface area contributed by atoms with Gasteiger partial charge in [0.2, 0.25) is 5.91 Å². The number of aromatic nitrogens is 1. The fraction of sp³-hybridized carbons (Fsp3) is 0.471. The van der Waals surface area contributed by atoms with Crippen molar-refractivity contribution >= 4 is 41.7 Å². The first-order chi connectivity index (χ1) is 11.2. The molecule has 0 unspecified atom stereocenters. The summed E-state index contributed by atoms with van der Waals surface area (Å²) in [6, 6.07) is 5.95. The molecule has 6 nitrogen and oxygen atoms in total. The molecule has 0 saturated carbocycles. The number of aryl methyl sites for hydroxylation is 1. The monoisotopic (exact) mass is 443 g/mol. The van der Waals surface area contributed by atoms with Gasteiger partial charge in [-0.25, -0.2) is 4.98 Å². The highest BCUT2D eigenvalue weighted by Crippen LogP contribution is 2.08. The summed E-state index contributed by atoms with van der Waals surface area (Å²) in [4.78, 5) is 20.7. The molecule has 0 aliphatic heterocycles. The standard InChI is InChI=1S/C17H25N5O.HI/c1-3-18-17(21-14-8-4-5-9-14)19-12-11-16(23)22-15-10-6-7-13(2)20-15;/h4-7,10,14H,3,8-9,11-12H2,1-2H3,(H2,18,19,21)(H,20,22,23);1H. The Morgan fingerprint density at radius 1 is 1.33 bits per heavy atom. The molecule has 1 heterocycles. The topological polar surface area (TPSA) is 78.4 Å². The molecule has 1 aromatic rings. The Labute approximate surface area is 160 Å². The number of amides is 1. The summed E-state index contributed by atoms with van der Waals surface area (Å²) < 4.78 is 0. The van der Waals surface area contributed by atoms with E-state index in [0.29, 0.717) is 24.8 Å². The van der Waals surface area contributed by atoms with Crippen molar-refractivity contribution in [2.75, 3.05) is 18.4 Å². The highest BCUT2D eigenvalue weighted by Gasteiger charge is 2.11. The average Bonchev–Trinajstić information content (AvgIpc) is 3.00. The summed E-state index contributed by atoms with van der Waals surface area (Å²) in [5.74, 6) is 1.27. The van der Waals surface area contributed by atoms with E-state index >= 15 is 0 Å². The molecule has 0 bridgehead atoms. The second kappa shape index (κ2) is 11.0. The molecule has 7 heteroatoms. The van der Waals surface area contributed by atoms with E-state index in [2.05, 4.69) is 38.1 Å². The fourth-order valence-corrected chi connectivity index (χ4v) is 2.34. The van der Waals surface area contributed by atoms with Gasteiger partial charge in [-0.2, -0.15) is 0 Å². The first-order valence-corrected chi connectivity index (χ1v) is 8.10. The second-order valence-corrected chi connectivity index (χ2v) is 5.51. The Morgan fingerprint density at radius 3 is 2.75 bits per heavy atom. The van der Waals surface area contributed by atoms with Gasteiger partial charge in [-0.05, 0) is 38.8 Å². The Bertz CT molecular complexity index is 580. The minimum Gasteiger partial charge on any atom is -0.357 e. The predicted octanol–water partition coefficient (Wildman–Crippen LogP) is 2.61. The Kier molecular flexibility index (Phi) is 9.36. The second-order valence-electron chi connectivity index (χ2n) is 5.51. The van der Waals surface area contributed by atoms with E-state index in [9.17, 15) is 4.79 Å². The molecule has 0 radical (unpaired) electrons. The van der Waals surface area contributed by atoms with Gasteiger partial charge in [-0.1, -0.05) is 18.2 Å². The van der Waals surface area contributed by atoms with Gasteiger partial charge in [-0.3, -0.25) is 9.79 Å². The minimum absolute atomic E-state index is 0. The van der Waals surface area contributed by atoms with Crippen LogP contribution in [0.4, 0.5) is 5.82 Å². The molecule has 0 spiro atoms. The number of nitrogens with zero attached hydrogens (tertiary/aromatic N) is 2. The van der Waals surface area contributed by atoms with Crippen molar-refractivity contribution in [3.8, 4) is 0 Å². The molecule has 1 aliphatic carbocycles. The Balaban J connectivity index is 0.00000288. The van der Waals surface area contributed by atoms with E-state index in [0.717, 1.165) is 31.0 Å². The van der Waals surface area contributed by atoms with Crippen LogP contribution in [0.1, 0.15) is 31.9 Å². The number of hydrogen-bond donors (Lipinski definition) is 3. The number of halogens is 1. The van der Waals surface area contributed by atoms with Gasteiger partial charge in [0.1, 0.15) is 5.82 Å². The molecule has 3 N–H and O–H groups in total. The SMILES string of the molecule is CCNC(=NCCC(=O)Nc1cccc(C)n1)NC1CC=CC1.I. The fourth-order valence-electron chi connectivity index (χ4n) is 2.34. The van der Waals surface area contributed by atoms with Crippen LogP contribution in [0, 0.1) is 6.92 Å². The normalized spacial score (nSPS) is 14.2. The van der Waals surface area contributed by atoms with E-state index in [1.165, 1.54) is 0 Å². The number of carbonyl (C=O) groups excluding carboxylic acids is 1. The number of pyridine rings is 1. The molecule has 1 amide bonds. The van der Waals surface area contributed by atoms with Crippen LogP contribution < -0.4 is 16.0 Å². The minimum atomic E-state index is -0.0785. The van der Waals surface area contributed by atoms with Crippen molar-refractivity contribution in [1.29, 1.82) is 0 Å². The van der Waals surface area contributed by atoms with Crippen LogP contribution in [-0.2, 0) is 4.79 Å². The molecule has 1 aliphatic rings. The number of hydrogen-bond acceptors (Lipinski definition) is 3. The largest absolute Gasteiger partial charge is 0.357 e. The van der Waals surface area contributed by atoms with Gasteiger partial charge in [-0.15, -0.1) is 24.0 Å². The number of rotatable bonds is 6. The lowest BCUT2D eigenvalue weighted by Gasteiger charge is -2.16. The van der Waals surface area contributed by atoms with E-state index in [1.54, 1.807) is 6.07 Å². The predicted molar refractivity (Wildman–Crippen MR) is 109 cm³/mol. The summed E-state index contributed by atoms with van der Waals surface area (Å²) >= 11 is 0. The third kappa shape index (κ3) is 7.29. The van der Waals surface area contributed by atoms with Crippen molar-refractivity contribution in [2.24, 2.45) is 4.99 Å². The maximum Gasteiger partial charge on any atom is 0.227 e. The van der Waals surface area contributed by atoms with Crippen LogP contribution in [0.2, 0.25) is 0 Å². The van der Waals surface area contributed by atoms with Crippen molar-refractivity contribution in [2.45, 2.75) is 39.2 Å². The zero-order valence-corrected chi connectivity index (χ0v) is 16.5. The average molecular weight is 443 g/mol. The molecule has 24 heavy (non-hydrogen) atoms. The molecule has 1 aromatic heterocycles. The third-order valence-electron chi connectivity index (χ3n) is 3.46. The zero-order valence-electron chi connectivity index (χ0n) is 14.2. The third-order valence-corrected chi connectivity index (χ3v) is 3.46. The van der Waals surface area contributed by atoms with Crippen molar-refractivity contribution in [3.63, 3.8) is 0 Å². The molecular weight excluding hydrogens is 417 g/mol. The van der Waals surface area contributed by atoms with Crippen LogP contribution >= 0.6 is 24.0 Å². The van der Waals surface area contributed by atoms with Gasteiger partial charge < -0.3 is 16.0 Å². The van der Waals surface area contributed by atoms with Crippen LogP contribution in [0.15, 0.2) is 35.3 Å². The first kappa shape index (κ1) is 20.4. The van der Waals surface area contributed by atoms with Gasteiger partial charge in [0.05, 0.1) is 6.54 Å². The first-order valence-electron chi connectivity index (χ1n) is 8.10. The lowest BCUT2D eigenvalue weighted by molar-refractivity contribution is -0.116. The van der Waals surface area contributed by atoms with Crippen molar-refractivity contribution in [1.82, 2.24) is 15.6 Å². The van der Waals surface area contributed by atoms with Crippen molar-refractivity contribution in [3.05, 3.63) is 36.0 Å². The Morgan fingerprint density at radius 2 is 2.08 bits per heavy atom. The molecule has 0 saturated heterocycles. The van der Waals surface area contributed by atoms with Gasteiger partial charge in [0.25, 0.3) is 0 Å². The summed E-state index contributed by atoms with van der Waals surface area (Å²) in [7, 11) is 0. The molecule has 0 fully saturated rings. The quantitative estimate of drug-likeness (QED) is 0.274. The van der Waals surface area contributed by atoms with Gasteiger partial charge >= 0.3 is 0 Å². The zero-order chi connectivity index (χ0) is 16.5. The van der Waals surface area contributed by atoms with Crippen LogP contribution in [-0.4, -0.2) is 36.0 Å². The molecule has 0 aromatic carbocycles. The van der Waals surface area contributed by atoms with E-state index < -0.39 is 0 Å². The Hall–Kier alpha value is -1.64. The van der Waals surface area contributed by atoms with E-state index in [-0.39, 0.29) is 29.9 Å². The van der Waals surface area contributed by atoms with Gasteiger partial charge in [0.15, 0.2) is 5.96 Å². The number of aliphatic imine (C=N–C) groups is 1. The van der Waals surface area contributed by atoms with E-state index in [4.69, 9.17) is 0 Å². The molecule has 132 valence electrons. The number of carbonyl (C=O) groups is 1. The highest BCUT2D eigenvalue weighted by atomic mass is 127. The van der Waals surface area contributed by atoms with Crippen LogP contribution in [0.5, 0.6) is 0 Å².